The molecule has 1 saturated carbocycles. The van der Waals surface area contributed by atoms with Crippen molar-refractivity contribution < 1.29 is 5.11 Å². The van der Waals surface area contributed by atoms with Crippen molar-refractivity contribution in [2.45, 2.75) is 58.5 Å². The Labute approximate surface area is 105 Å². The standard InChI is InChI=1S/C16H24O/c1-4-13-7-5-6-8-14(13)16(17)11-9-15(2,3)10-12-16/h5-8,17H,4,9-12H2,1-3H3. The highest BCUT2D eigenvalue weighted by molar-refractivity contribution is 5.33. The van der Waals surface area contributed by atoms with Gasteiger partial charge in [-0.15, -0.1) is 0 Å². The van der Waals surface area contributed by atoms with Gasteiger partial charge in [0.2, 0.25) is 0 Å². The summed E-state index contributed by atoms with van der Waals surface area (Å²) in [6.07, 6.45) is 5.03. The van der Waals surface area contributed by atoms with Crippen molar-refractivity contribution in [2.75, 3.05) is 0 Å². The van der Waals surface area contributed by atoms with E-state index in [1.807, 2.05) is 6.07 Å². The van der Waals surface area contributed by atoms with Gasteiger partial charge in [0.05, 0.1) is 5.60 Å². The van der Waals surface area contributed by atoms with Crippen LogP contribution in [0.1, 0.15) is 57.6 Å². The molecule has 0 unspecified atom stereocenters. The molecule has 1 heteroatoms. The number of benzene rings is 1. The van der Waals surface area contributed by atoms with Crippen molar-refractivity contribution in [3.63, 3.8) is 0 Å². The summed E-state index contributed by atoms with van der Waals surface area (Å²) >= 11 is 0. The fraction of sp³-hybridized carbons (Fsp3) is 0.625. The smallest absolute Gasteiger partial charge is 0.0899 e. The Morgan fingerprint density at radius 1 is 1.06 bits per heavy atom. The maximum atomic E-state index is 10.9. The Kier molecular flexibility index (Phi) is 3.31. The van der Waals surface area contributed by atoms with Crippen LogP contribution >= 0.6 is 0 Å². The zero-order valence-corrected chi connectivity index (χ0v) is 11.3. The summed E-state index contributed by atoms with van der Waals surface area (Å²) < 4.78 is 0. The summed E-state index contributed by atoms with van der Waals surface area (Å²) in [7, 11) is 0. The van der Waals surface area contributed by atoms with Gasteiger partial charge in [-0.3, -0.25) is 0 Å². The third-order valence-electron chi connectivity index (χ3n) is 4.33. The van der Waals surface area contributed by atoms with Crippen LogP contribution in [0.3, 0.4) is 0 Å². The molecule has 1 aliphatic carbocycles. The van der Waals surface area contributed by atoms with Crippen LogP contribution < -0.4 is 0 Å². The lowest BCUT2D eigenvalue weighted by Crippen LogP contribution is -2.35. The summed E-state index contributed by atoms with van der Waals surface area (Å²) in [4.78, 5) is 0. The van der Waals surface area contributed by atoms with E-state index in [4.69, 9.17) is 0 Å². The normalized spacial score (nSPS) is 22.4. The highest BCUT2D eigenvalue weighted by Gasteiger charge is 2.38. The number of aliphatic hydroxyl groups is 1. The van der Waals surface area contributed by atoms with Crippen molar-refractivity contribution in [3.05, 3.63) is 35.4 Å². The van der Waals surface area contributed by atoms with E-state index in [0.29, 0.717) is 5.41 Å². The molecule has 0 atom stereocenters. The molecule has 0 radical (unpaired) electrons. The summed E-state index contributed by atoms with van der Waals surface area (Å²) in [6, 6.07) is 8.37. The molecule has 0 bridgehead atoms. The monoisotopic (exact) mass is 232 g/mol. The molecule has 1 aliphatic rings. The first-order chi connectivity index (χ1) is 7.97. The number of hydrogen-bond donors (Lipinski definition) is 1. The fourth-order valence-corrected chi connectivity index (χ4v) is 2.89. The lowest BCUT2D eigenvalue weighted by molar-refractivity contribution is -0.0311. The average molecular weight is 232 g/mol. The quantitative estimate of drug-likeness (QED) is 0.816. The molecule has 0 heterocycles. The van der Waals surface area contributed by atoms with Gasteiger partial charge in [-0.2, -0.15) is 0 Å². The molecule has 1 aromatic carbocycles. The van der Waals surface area contributed by atoms with Gasteiger partial charge < -0.3 is 5.11 Å². The van der Waals surface area contributed by atoms with Gasteiger partial charge in [0, 0.05) is 0 Å². The molecule has 1 aromatic rings. The van der Waals surface area contributed by atoms with E-state index in [-0.39, 0.29) is 0 Å². The Morgan fingerprint density at radius 2 is 1.65 bits per heavy atom. The summed E-state index contributed by atoms with van der Waals surface area (Å²) in [6.45, 7) is 6.77. The Morgan fingerprint density at radius 3 is 2.24 bits per heavy atom. The van der Waals surface area contributed by atoms with E-state index in [9.17, 15) is 5.11 Å². The molecule has 2 rings (SSSR count). The van der Waals surface area contributed by atoms with E-state index in [2.05, 4.69) is 39.0 Å². The average Bonchev–Trinajstić information content (AvgIpc) is 2.33. The minimum absolute atomic E-state index is 0.396. The fourth-order valence-electron chi connectivity index (χ4n) is 2.89. The van der Waals surface area contributed by atoms with Crippen LogP contribution in [0.25, 0.3) is 0 Å². The first-order valence-electron chi connectivity index (χ1n) is 6.78. The summed E-state index contributed by atoms with van der Waals surface area (Å²) in [5.41, 5.74) is 2.28. The lowest BCUT2D eigenvalue weighted by Gasteiger charge is -2.41. The molecular formula is C16H24O. The molecule has 1 N–H and O–H groups in total. The van der Waals surface area contributed by atoms with Gasteiger partial charge >= 0.3 is 0 Å². The highest BCUT2D eigenvalue weighted by Crippen LogP contribution is 2.45. The molecule has 0 saturated heterocycles. The SMILES string of the molecule is CCc1ccccc1C1(O)CCC(C)(C)CC1. The van der Waals surface area contributed by atoms with Crippen molar-refractivity contribution in [1.82, 2.24) is 0 Å². The van der Waals surface area contributed by atoms with E-state index in [0.717, 1.165) is 37.7 Å². The van der Waals surface area contributed by atoms with Gasteiger partial charge in [0.25, 0.3) is 0 Å². The highest BCUT2D eigenvalue weighted by atomic mass is 16.3. The van der Waals surface area contributed by atoms with Gasteiger partial charge in [-0.1, -0.05) is 45.0 Å². The van der Waals surface area contributed by atoms with Gasteiger partial charge in [-0.25, -0.2) is 0 Å². The van der Waals surface area contributed by atoms with Crippen molar-refractivity contribution in [3.8, 4) is 0 Å². The minimum atomic E-state index is -0.581. The second-order valence-electron chi connectivity index (χ2n) is 6.21. The van der Waals surface area contributed by atoms with Crippen LogP contribution in [0.5, 0.6) is 0 Å². The second kappa shape index (κ2) is 4.45. The van der Waals surface area contributed by atoms with E-state index < -0.39 is 5.60 Å². The van der Waals surface area contributed by atoms with Crippen molar-refractivity contribution in [2.24, 2.45) is 5.41 Å². The molecule has 0 aliphatic heterocycles. The van der Waals surface area contributed by atoms with Crippen molar-refractivity contribution in [1.29, 1.82) is 0 Å². The second-order valence-corrected chi connectivity index (χ2v) is 6.21. The maximum absolute atomic E-state index is 10.9. The number of hydrogen-bond acceptors (Lipinski definition) is 1. The largest absolute Gasteiger partial charge is 0.385 e. The van der Waals surface area contributed by atoms with Crippen LogP contribution in [-0.2, 0) is 12.0 Å². The van der Waals surface area contributed by atoms with Crippen LogP contribution in [0.2, 0.25) is 0 Å². The topological polar surface area (TPSA) is 20.2 Å². The zero-order chi connectivity index (χ0) is 12.5. The van der Waals surface area contributed by atoms with E-state index in [1.165, 1.54) is 5.56 Å². The van der Waals surface area contributed by atoms with Crippen LogP contribution in [0, 0.1) is 5.41 Å². The molecule has 17 heavy (non-hydrogen) atoms. The Balaban J connectivity index is 2.27. The zero-order valence-electron chi connectivity index (χ0n) is 11.3. The van der Waals surface area contributed by atoms with E-state index in [1.54, 1.807) is 0 Å². The first kappa shape index (κ1) is 12.6. The molecule has 0 spiro atoms. The summed E-state index contributed by atoms with van der Waals surface area (Å²) in [5.74, 6) is 0. The molecule has 0 amide bonds. The van der Waals surface area contributed by atoms with Crippen LogP contribution in [-0.4, -0.2) is 5.11 Å². The predicted molar refractivity (Wildman–Crippen MR) is 72.0 cm³/mol. The van der Waals surface area contributed by atoms with Gasteiger partial charge in [0.15, 0.2) is 0 Å². The number of rotatable bonds is 2. The molecule has 94 valence electrons. The van der Waals surface area contributed by atoms with Crippen LogP contribution in [0.15, 0.2) is 24.3 Å². The molecule has 1 nitrogen and oxygen atoms in total. The third-order valence-corrected chi connectivity index (χ3v) is 4.33. The predicted octanol–water partition coefficient (Wildman–Crippen LogP) is 4.04. The van der Waals surface area contributed by atoms with Crippen LogP contribution in [0.4, 0.5) is 0 Å². The van der Waals surface area contributed by atoms with Gasteiger partial charge in [-0.05, 0) is 48.6 Å². The third kappa shape index (κ3) is 2.55. The Hall–Kier alpha value is -0.820. The van der Waals surface area contributed by atoms with E-state index >= 15 is 0 Å². The molecule has 0 aromatic heterocycles. The maximum Gasteiger partial charge on any atom is 0.0899 e. The minimum Gasteiger partial charge on any atom is -0.385 e. The Bertz CT molecular complexity index is 382. The van der Waals surface area contributed by atoms with Crippen molar-refractivity contribution >= 4 is 0 Å². The lowest BCUT2D eigenvalue weighted by atomic mass is 9.68. The summed E-state index contributed by atoms with van der Waals surface area (Å²) in [5, 5.41) is 10.9. The van der Waals surface area contributed by atoms with Gasteiger partial charge in [0.1, 0.15) is 0 Å². The number of aryl methyl sites for hydroxylation is 1. The molecule has 1 fully saturated rings. The first-order valence-corrected chi connectivity index (χ1v) is 6.78. The molecular weight excluding hydrogens is 208 g/mol.